The first-order valence-corrected chi connectivity index (χ1v) is 12.7. The lowest BCUT2D eigenvalue weighted by atomic mass is 9.78. The van der Waals surface area contributed by atoms with Crippen LogP contribution in [0.1, 0.15) is 59.8 Å². The number of aryl methyl sites for hydroxylation is 1. The van der Waals surface area contributed by atoms with Crippen molar-refractivity contribution in [1.82, 2.24) is 29.8 Å². The van der Waals surface area contributed by atoms with Gasteiger partial charge in [-0.3, -0.25) is 4.79 Å². The Morgan fingerprint density at radius 1 is 1.21 bits per heavy atom. The summed E-state index contributed by atoms with van der Waals surface area (Å²) in [4.78, 5) is 24.3. The zero-order valence-electron chi connectivity index (χ0n) is 19.4. The second-order valence-corrected chi connectivity index (χ2v) is 11.1. The average Bonchev–Trinajstić information content (AvgIpc) is 3.56. The fourth-order valence-electron chi connectivity index (χ4n) is 5.74. The van der Waals surface area contributed by atoms with Crippen LogP contribution in [0.3, 0.4) is 0 Å². The van der Waals surface area contributed by atoms with Crippen molar-refractivity contribution < 1.29 is 4.79 Å². The Balaban J connectivity index is 1.35. The number of carbonyl (C=O) groups is 1. The standard InChI is InChI=1S/C25H30N6OS/c1-15(2)20-21(17-10-16(3)23-27-14-28-31(23)12-17)29-18-11-19(33-22(18)20)24(32)30-9-6-25(13-30)4-7-26-8-5-25/h10-12,14-15,26,29H,4-9,13H2,1-3H3. The highest BCUT2D eigenvalue weighted by molar-refractivity contribution is 7.21. The Morgan fingerprint density at radius 3 is 2.82 bits per heavy atom. The SMILES string of the molecule is Cc1cc(-c2[nH]c3cc(C(=O)N4CCC5(CCNCC5)C4)sc3c2C(C)C)cn2ncnc12. The summed E-state index contributed by atoms with van der Waals surface area (Å²) >= 11 is 1.64. The zero-order valence-corrected chi connectivity index (χ0v) is 20.3. The van der Waals surface area contributed by atoms with Gasteiger partial charge in [0, 0.05) is 24.8 Å². The normalized spacial score (nSPS) is 18.4. The molecule has 6 rings (SSSR count). The minimum Gasteiger partial charge on any atom is -0.354 e. The third-order valence-corrected chi connectivity index (χ3v) is 8.69. The molecule has 2 fully saturated rings. The number of likely N-dealkylation sites (tertiary alicyclic amines) is 1. The molecule has 2 aliphatic heterocycles. The number of thiophene rings is 1. The fourth-order valence-corrected chi connectivity index (χ4v) is 7.02. The number of rotatable bonds is 3. The van der Waals surface area contributed by atoms with Gasteiger partial charge in [0.1, 0.15) is 6.33 Å². The number of fused-ring (bicyclic) bond motifs is 2. The van der Waals surface area contributed by atoms with Crippen LogP contribution in [-0.4, -0.2) is 56.6 Å². The second kappa shape index (κ2) is 7.67. The maximum atomic E-state index is 13.4. The molecule has 2 saturated heterocycles. The number of hydrogen-bond donors (Lipinski definition) is 2. The molecular weight excluding hydrogens is 432 g/mol. The molecule has 8 heteroatoms. The number of aromatic amines is 1. The van der Waals surface area contributed by atoms with Crippen LogP contribution in [0.25, 0.3) is 27.1 Å². The summed E-state index contributed by atoms with van der Waals surface area (Å²) < 4.78 is 3.03. The van der Waals surface area contributed by atoms with Crippen LogP contribution in [0.2, 0.25) is 0 Å². The van der Waals surface area contributed by atoms with Crippen LogP contribution < -0.4 is 5.32 Å². The van der Waals surface area contributed by atoms with E-state index in [1.807, 2.05) is 10.7 Å². The van der Waals surface area contributed by atoms with Gasteiger partial charge in [0.2, 0.25) is 0 Å². The molecule has 0 bridgehead atoms. The first-order valence-electron chi connectivity index (χ1n) is 11.9. The van der Waals surface area contributed by atoms with Gasteiger partial charge in [0.15, 0.2) is 5.65 Å². The largest absolute Gasteiger partial charge is 0.354 e. The second-order valence-electron chi connectivity index (χ2n) is 10.1. The molecule has 0 radical (unpaired) electrons. The molecule has 1 spiro atoms. The molecule has 0 atom stereocenters. The molecule has 172 valence electrons. The van der Waals surface area contributed by atoms with Gasteiger partial charge >= 0.3 is 0 Å². The number of H-pyrrole nitrogens is 1. The van der Waals surface area contributed by atoms with Crippen molar-refractivity contribution in [3.8, 4) is 11.3 Å². The number of nitrogens with zero attached hydrogens (tertiary/aromatic N) is 4. The van der Waals surface area contributed by atoms with Crippen LogP contribution in [0.5, 0.6) is 0 Å². The molecule has 2 N–H and O–H groups in total. The molecule has 7 nitrogen and oxygen atoms in total. The van der Waals surface area contributed by atoms with Crippen molar-refractivity contribution in [2.24, 2.45) is 5.41 Å². The summed E-state index contributed by atoms with van der Waals surface area (Å²) in [6, 6.07) is 4.23. The van der Waals surface area contributed by atoms with E-state index in [4.69, 9.17) is 0 Å². The van der Waals surface area contributed by atoms with E-state index >= 15 is 0 Å². The predicted octanol–water partition coefficient (Wildman–Crippen LogP) is 4.59. The molecule has 1 amide bonds. The van der Waals surface area contributed by atoms with E-state index in [1.54, 1.807) is 17.7 Å². The summed E-state index contributed by atoms with van der Waals surface area (Å²) in [5.41, 5.74) is 6.82. The summed E-state index contributed by atoms with van der Waals surface area (Å²) in [6.45, 7) is 10.4. The van der Waals surface area contributed by atoms with E-state index in [0.717, 1.165) is 65.5 Å². The maximum Gasteiger partial charge on any atom is 0.264 e. The molecule has 0 aromatic carbocycles. The molecule has 0 aliphatic carbocycles. The predicted molar refractivity (Wildman–Crippen MR) is 132 cm³/mol. The molecule has 0 unspecified atom stereocenters. The summed E-state index contributed by atoms with van der Waals surface area (Å²) in [5, 5.41) is 7.80. The third-order valence-electron chi connectivity index (χ3n) is 7.53. The summed E-state index contributed by atoms with van der Waals surface area (Å²) in [6.07, 6.45) is 7.12. The van der Waals surface area contributed by atoms with Crippen LogP contribution in [-0.2, 0) is 0 Å². The molecule has 4 aromatic rings. The minimum atomic E-state index is 0.191. The van der Waals surface area contributed by atoms with Crippen LogP contribution in [0.15, 0.2) is 24.7 Å². The molecule has 2 aliphatic rings. The number of aromatic nitrogens is 4. The summed E-state index contributed by atoms with van der Waals surface area (Å²) in [7, 11) is 0. The first-order chi connectivity index (χ1) is 15.9. The highest BCUT2D eigenvalue weighted by atomic mass is 32.1. The Morgan fingerprint density at radius 2 is 2.03 bits per heavy atom. The maximum absolute atomic E-state index is 13.4. The molecule has 33 heavy (non-hydrogen) atoms. The number of carbonyl (C=O) groups excluding carboxylic acids is 1. The van der Waals surface area contributed by atoms with Gasteiger partial charge < -0.3 is 15.2 Å². The Bertz CT molecular complexity index is 1360. The van der Waals surface area contributed by atoms with Crippen molar-refractivity contribution in [3.63, 3.8) is 0 Å². The van der Waals surface area contributed by atoms with E-state index < -0.39 is 0 Å². The molecule has 4 aromatic heterocycles. The van der Waals surface area contributed by atoms with Crippen molar-refractivity contribution in [3.05, 3.63) is 40.7 Å². The van der Waals surface area contributed by atoms with Gasteiger partial charge in [-0.25, -0.2) is 9.50 Å². The highest BCUT2D eigenvalue weighted by Gasteiger charge is 2.41. The third kappa shape index (κ3) is 3.38. The number of pyridine rings is 1. The summed E-state index contributed by atoms with van der Waals surface area (Å²) in [5.74, 6) is 0.517. The van der Waals surface area contributed by atoms with Crippen LogP contribution in [0, 0.1) is 12.3 Å². The average molecular weight is 463 g/mol. The molecular formula is C25H30N6OS. The highest BCUT2D eigenvalue weighted by Crippen LogP contribution is 2.42. The van der Waals surface area contributed by atoms with Gasteiger partial charge in [0.25, 0.3) is 5.91 Å². The quantitative estimate of drug-likeness (QED) is 0.467. The van der Waals surface area contributed by atoms with Gasteiger partial charge in [-0.2, -0.15) is 5.10 Å². The monoisotopic (exact) mass is 462 g/mol. The van der Waals surface area contributed by atoms with Crippen molar-refractivity contribution in [1.29, 1.82) is 0 Å². The lowest BCUT2D eigenvalue weighted by Crippen LogP contribution is -2.39. The van der Waals surface area contributed by atoms with E-state index in [9.17, 15) is 4.79 Å². The number of amides is 1. The molecule has 6 heterocycles. The van der Waals surface area contributed by atoms with Gasteiger partial charge in [-0.05, 0) is 73.9 Å². The van der Waals surface area contributed by atoms with E-state index in [1.165, 1.54) is 23.1 Å². The van der Waals surface area contributed by atoms with Gasteiger partial charge in [0.05, 0.1) is 20.8 Å². The van der Waals surface area contributed by atoms with Crippen molar-refractivity contribution in [2.45, 2.75) is 46.0 Å². The van der Waals surface area contributed by atoms with Gasteiger partial charge in [-0.15, -0.1) is 11.3 Å². The van der Waals surface area contributed by atoms with Crippen LogP contribution in [0.4, 0.5) is 0 Å². The Labute approximate surface area is 197 Å². The van der Waals surface area contributed by atoms with Crippen molar-refractivity contribution >= 4 is 33.1 Å². The smallest absolute Gasteiger partial charge is 0.264 e. The zero-order chi connectivity index (χ0) is 22.7. The lowest BCUT2D eigenvalue weighted by Gasteiger charge is -2.33. The lowest BCUT2D eigenvalue weighted by molar-refractivity contribution is 0.0766. The van der Waals surface area contributed by atoms with Crippen LogP contribution >= 0.6 is 11.3 Å². The Kier molecular flexibility index (Phi) is 4.85. The van der Waals surface area contributed by atoms with E-state index in [-0.39, 0.29) is 5.91 Å². The minimum absolute atomic E-state index is 0.191. The molecule has 0 saturated carbocycles. The number of piperidine rings is 1. The number of hydrogen-bond acceptors (Lipinski definition) is 5. The first kappa shape index (κ1) is 20.9. The van der Waals surface area contributed by atoms with Crippen molar-refractivity contribution in [2.75, 3.05) is 26.2 Å². The number of nitrogens with one attached hydrogen (secondary N) is 2. The van der Waals surface area contributed by atoms with Gasteiger partial charge in [-0.1, -0.05) is 13.8 Å². The van der Waals surface area contributed by atoms with E-state index in [2.05, 4.69) is 58.2 Å². The fraction of sp³-hybridized carbons (Fsp3) is 0.480. The Hall–Kier alpha value is -2.71. The van der Waals surface area contributed by atoms with E-state index in [0.29, 0.717) is 11.3 Å². The topological polar surface area (TPSA) is 78.3 Å².